The van der Waals surface area contributed by atoms with E-state index in [0.29, 0.717) is 12.1 Å². The van der Waals surface area contributed by atoms with E-state index in [0.717, 1.165) is 6.20 Å². The number of nitrogens with one attached hydrogen (secondary N) is 1. The maximum absolute atomic E-state index is 13.1. The first kappa shape index (κ1) is 23.0. The molecule has 0 bridgehead atoms. The fourth-order valence-electron chi connectivity index (χ4n) is 2.82. The predicted octanol–water partition coefficient (Wildman–Crippen LogP) is 4.77. The molecule has 1 aromatic carbocycles. The van der Waals surface area contributed by atoms with E-state index in [1.165, 1.54) is 31.5 Å². The molecule has 0 unspecified atom stereocenters. The Hall–Kier alpha value is -3.70. The summed E-state index contributed by atoms with van der Waals surface area (Å²) >= 11 is 0. The van der Waals surface area contributed by atoms with Crippen molar-refractivity contribution in [2.24, 2.45) is 0 Å². The number of aromatic nitrogens is 3. The quantitative estimate of drug-likeness (QED) is 0.552. The van der Waals surface area contributed by atoms with Gasteiger partial charge in [0.25, 0.3) is 5.91 Å². The van der Waals surface area contributed by atoms with E-state index in [1.54, 1.807) is 0 Å². The van der Waals surface area contributed by atoms with Gasteiger partial charge >= 0.3 is 12.4 Å². The molecule has 2 aromatic heterocycles. The molecule has 2 heterocycles. The normalized spacial score (nSPS) is 13.0. The SMILES string of the molecule is C[C@H](NC(=O)c1cc(C(F)(F)F)cc(C(F)(F)F)c1)c1nccnc1-c1ccc(O)cn1. The minimum absolute atomic E-state index is 0.0581. The van der Waals surface area contributed by atoms with Gasteiger partial charge in [-0.3, -0.25) is 19.7 Å². The second-order valence-electron chi connectivity index (χ2n) is 6.68. The molecule has 0 aliphatic carbocycles. The van der Waals surface area contributed by atoms with Gasteiger partial charge in [-0.05, 0) is 37.3 Å². The maximum Gasteiger partial charge on any atom is 0.416 e. The summed E-state index contributed by atoms with van der Waals surface area (Å²) in [5.41, 5.74) is -3.35. The zero-order chi connectivity index (χ0) is 23.7. The zero-order valence-corrected chi connectivity index (χ0v) is 16.2. The number of hydrogen-bond donors (Lipinski definition) is 2. The van der Waals surface area contributed by atoms with Crippen molar-refractivity contribution in [1.82, 2.24) is 20.3 Å². The lowest BCUT2D eigenvalue weighted by Gasteiger charge is -2.18. The number of nitrogens with zero attached hydrogens (tertiary/aromatic N) is 3. The van der Waals surface area contributed by atoms with Crippen LogP contribution in [0.5, 0.6) is 5.75 Å². The highest BCUT2D eigenvalue weighted by Crippen LogP contribution is 2.36. The summed E-state index contributed by atoms with van der Waals surface area (Å²) in [6, 6.07) is 2.45. The van der Waals surface area contributed by atoms with Gasteiger partial charge in [-0.1, -0.05) is 0 Å². The van der Waals surface area contributed by atoms with E-state index in [2.05, 4.69) is 20.3 Å². The predicted molar refractivity (Wildman–Crippen MR) is 99.3 cm³/mol. The van der Waals surface area contributed by atoms with Crippen LogP contribution < -0.4 is 5.32 Å². The van der Waals surface area contributed by atoms with Gasteiger partial charge in [-0.25, -0.2) is 0 Å². The molecule has 1 atom stereocenters. The first-order valence-corrected chi connectivity index (χ1v) is 8.93. The Morgan fingerprint density at radius 1 is 0.938 bits per heavy atom. The largest absolute Gasteiger partial charge is 0.506 e. The lowest BCUT2D eigenvalue weighted by atomic mass is 10.0. The molecule has 1 amide bonds. The van der Waals surface area contributed by atoms with Crippen LogP contribution >= 0.6 is 0 Å². The van der Waals surface area contributed by atoms with E-state index < -0.39 is 41.0 Å². The van der Waals surface area contributed by atoms with Crippen LogP contribution in [0.1, 0.15) is 40.1 Å². The van der Waals surface area contributed by atoms with Crippen molar-refractivity contribution in [2.45, 2.75) is 25.3 Å². The molecule has 0 spiro atoms. The van der Waals surface area contributed by atoms with Crippen LogP contribution in [0.3, 0.4) is 0 Å². The Labute approximate surface area is 177 Å². The van der Waals surface area contributed by atoms with Crippen molar-refractivity contribution in [2.75, 3.05) is 0 Å². The van der Waals surface area contributed by atoms with Gasteiger partial charge in [-0.2, -0.15) is 26.3 Å². The van der Waals surface area contributed by atoms with Crippen LogP contribution in [0.25, 0.3) is 11.4 Å². The van der Waals surface area contributed by atoms with Crippen molar-refractivity contribution in [3.63, 3.8) is 0 Å². The molecule has 2 N–H and O–H groups in total. The summed E-state index contributed by atoms with van der Waals surface area (Å²) < 4.78 is 78.3. The van der Waals surface area contributed by atoms with Crippen LogP contribution in [0.2, 0.25) is 0 Å². The third kappa shape index (κ3) is 5.13. The lowest BCUT2D eigenvalue weighted by Crippen LogP contribution is -2.28. The van der Waals surface area contributed by atoms with Gasteiger partial charge in [-0.15, -0.1) is 0 Å². The van der Waals surface area contributed by atoms with Gasteiger partial charge in [0, 0.05) is 18.0 Å². The highest BCUT2D eigenvalue weighted by atomic mass is 19.4. The van der Waals surface area contributed by atoms with Gasteiger partial charge in [0.2, 0.25) is 0 Å². The van der Waals surface area contributed by atoms with Crippen molar-refractivity contribution >= 4 is 5.91 Å². The molecule has 0 radical (unpaired) electrons. The van der Waals surface area contributed by atoms with Crippen molar-refractivity contribution in [3.8, 4) is 17.1 Å². The average molecular weight is 456 g/mol. The fraction of sp³-hybridized carbons (Fsp3) is 0.200. The fourth-order valence-corrected chi connectivity index (χ4v) is 2.82. The standard InChI is InChI=1S/C20H14F6N4O2/c1-10(16-17(28-5-4-27-16)15-3-2-14(31)9-29-15)30-18(32)11-6-12(19(21,22)23)8-13(7-11)20(24,25)26/h2-10,31H,1H3,(H,30,32)/t10-/m0/s1. The molecule has 0 saturated heterocycles. The van der Waals surface area contributed by atoms with Crippen molar-refractivity contribution in [3.05, 3.63) is 71.3 Å². The molecule has 3 aromatic rings. The average Bonchev–Trinajstić information content (AvgIpc) is 2.72. The van der Waals surface area contributed by atoms with Crippen LogP contribution in [0.15, 0.2) is 48.9 Å². The minimum atomic E-state index is -5.08. The topological polar surface area (TPSA) is 88.0 Å². The molecule has 0 saturated carbocycles. The smallest absolute Gasteiger partial charge is 0.416 e. The van der Waals surface area contributed by atoms with Crippen molar-refractivity contribution in [1.29, 1.82) is 0 Å². The number of carbonyl (C=O) groups excluding carboxylic acids is 1. The molecule has 6 nitrogen and oxygen atoms in total. The number of aromatic hydroxyl groups is 1. The van der Waals surface area contributed by atoms with Crippen LogP contribution in [0.4, 0.5) is 26.3 Å². The van der Waals surface area contributed by atoms with Crippen molar-refractivity contribution < 1.29 is 36.2 Å². The third-order valence-corrected chi connectivity index (χ3v) is 4.32. The molecule has 12 heteroatoms. The first-order chi connectivity index (χ1) is 14.9. The van der Waals surface area contributed by atoms with E-state index in [9.17, 15) is 36.2 Å². The number of amides is 1. The Morgan fingerprint density at radius 3 is 2.06 bits per heavy atom. The van der Waals surface area contributed by atoms with Crippen LogP contribution in [-0.2, 0) is 12.4 Å². The molecule has 3 rings (SSSR count). The number of benzene rings is 1. The lowest BCUT2D eigenvalue weighted by molar-refractivity contribution is -0.143. The summed E-state index contributed by atoms with van der Waals surface area (Å²) in [6.45, 7) is 1.43. The summed E-state index contributed by atoms with van der Waals surface area (Å²) in [5.74, 6) is -1.27. The molecule has 0 fully saturated rings. The minimum Gasteiger partial charge on any atom is -0.506 e. The van der Waals surface area contributed by atoms with E-state index in [-0.39, 0.29) is 28.9 Å². The number of hydrogen-bond acceptors (Lipinski definition) is 5. The maximum atomic E-state index is 13.1. The second-order valence-corrected chi connectivity index (χ2v) is 6.68. The number of alkyl halides is 6. The Kier molecular flexibility index (Phi) is 6.06. The zero-order valence-electron chi connectivity index (χ0n) is 16.2. The molecule has 0 aliphatic rings. The Balaban J connectivity index is 1.94. The Morgan fingerprint density at radius 2 is 1.53 bits per heavy atom. The summed E-state index contributed by atoms with van der Waals surface area (Å²) in [4.78, 5) is 24.7. The number of carbonyl (C=O) groups is 1. The Bertz CT molecular complexity index is 1100. The molecular formula is C20H14F6N4O2. The van der Waals surface area contributed by atoms with E-state index in [4.69, 9.17) is 0 Å². The molecule has 168 valence electrons. The molecular weight excluding hydrogens is 442 g/mol. The molecule has 0 aliphatic heterocycles. The van der Waals surface area contributed by atoms with Gasteiger partial charge in [0.1, 0.15) is 11.4 Å². The van der Waals surface area contributed by atoms with Gasteiger partial charge in [0.05, 0.1) is 34.8 Å². The highest BCUT2D eigenvalue weighted by molar-refractivity contribution is 5.95. The van der Waals surface area contributed by atoms with Gasteiger partial charge in [0.15, 0.2) is 0 Å². The highest BCUT2D eigenvalue weighted by Gasteiger charge is 2.37. The first-order valence-electron chi connectivity index (χ1n) is 8.93. The van der Waals surface area contributed by atoms with E-state index >= 15 is 0 Å². The monoisotopic (exact) mass is 456 g/mol. The van der Waals surface area contributed by atoms with Gasteiger partial charge < -0.3 is 10.4 Å². The van der Waals surface area contributed by atoms with E-state index in [1.807, 2.05) is 0 Å². The number of halogens is 6. The molecule has 32 heavy (non-hydrogen) atoms. The third-order valence-electron chi connectivity index (χ3n) is 4.32. The second kappa shape index (κ2) is 8.44. The summed E-state index contributed by atoms with van der Waals surface area (Å²) in [5, 5.41) is 11.7. The number of rotatable bonds is 4. The van der Waals surface area contributed by atoms with Crippen LogP contribution in [0, 0.1) is 0 Å². The van der Waals surface area contributed by atoms with Crippen LogP contribution in [-0.4, -0.2) is 26.0 Å². The summed E-state index contributed by atoms with van der Waals surface area (Å²) in [7, 11) is 0. The summed E-state index contributed by atoms with van der Waals surface area (Å²) in [6.07, 6.45) is -6.37. The number of pyridine rings is 1.